The number of nitrogens with one attached hydrogen (secondary N) is 1. The molecule has 168 valence electrons. The Morgan fingerprint density at radius 3 is 2.13 bits per heavy atom. The number of carbonyl (C=O) groups is 2. The van der Waals surface area contributed by atoms with E-state index in [9.17, 15) is 14.8 Å². The van der Waals surface area contributed by atoms with Crippen molar-refractivity contribution >= 4 is 12.1 Å². The second kappa shape index (κ2) is 8.99. The molecule has 0 radical (unpaired) electrons. The van der Waals surface area contributed by atoms with Gasteiger partial charge >= 0.3 is 12.1 Å². The van der Waals surface area contributed by atoms with E-state index in [1.807, 2.05) is 39.8 Å². The van der Waals surface area contributed by atoms with Crippen LogP contribution >= 0.6 is 0 Å². The predicted molar refractivity (Wildman–Crippen MR) is 113 cm³/mol. The first-order chi connectivity index (χ1) is 13.9. The van der Waals surface area contributed by atoms with Crippen molar-refractivity contribution in [3.05, 3.63) is 23.8 Å². The van der Waals surface area contributed by atoms with Crippen LogP contribution in [0.3, 0.4) is 0 Å². The minimum atomic E-state index is -0.874. The predicted octanol–water partition coefficient (Wildman–Crippen LogP) is 3.26. The number of ether oxygens (including phenoxy) is 2. The third kappa shape index (κ3) is 4.56. The van der Waals surface area contributed by atoms with E-state index in [0.717, 1.165) is 5.56 Å². The summed E-state index contributed by atoms with van der Waals surface area (Å²) in [6.45, 7) is 11.3. The topological polar surface area (TPSA) is 94.6 Å². The molecule has 1 saturated heterocycles. The minimum Gasteiger partial charge on any atom is -0.497 e. The fraction of sp³-hybridized carbons (Fsp3) is 0.619. The van der Waals surface area contributed by atoms with Crippen molar-refractivity contribution < 1.29 is 24.3 Å². The third-order valence-corrected chi connectivity index (χ3v) is 5.20. The fourth-order valence-corrected chi connectivity index (χ4v) is 3.73. The Morgan fingerprint density at radius 2 is 1.70 bits per heavy atom. The van der Waals surface area contributed by atoms with Crippen LogP contribution in [0.1, 0.15) is 47.1 Å². The Morgan fingerprint density at radius 1 is 1.17 bits per heavy atom. The molecule has 1 aliphatic heterocycles. The highest BCUT2D eigenvalue weighted by Gasteiger charge is 2.56. The third-order valence-electron chi connectivity index (χ3n) is 5.20. The van der Waals surface area contributed by atoms with Gasteiger partial charge in [0.15, 0.2) is 6.17 Å². The molecule has 1 aromatic carbocycles. The highest BCUT2D eigenvalue weighted by Crippen LogP contribution is 2.37. The van der Waals surface area contributed by atoms with Gasteiger partial charge in [-0.3, -0.25) is 10.1 Å². The van der Waals surface area contributed by atoms with E-state index in [2.05, 4.69) is 5.32 Å². The molecule has 30 heavy (non-hydrogen) atoms. The number of nitrogens with zero attached hydrogens (tertiary/aromatic N) is 3. The number of urea groups is 2. The van der Waals surface area contributed by atoms with E-state index in [1.165, 1.54) is 4.90 Å². The van der Waals surface area contributed by atoms with Crippen LogP contribution in [0.2, 0.25) is 0 Å². The second-order valence-corrected chi connectivity index (χ2v) is 8.57. The van der Waals surface area contributed by atoms with Gasteiger partial charge in [-0.05, 0) is 59.2 Å². The van der Waals surface area contributed by atoms with Crippen LogP contribution in [0.5, 0.6) is 11.5 Å². The maximum atomic E-state index is 13.4. The number of carbonyl (C=O) groups excluding carboxylic acids is 2. The molecule has 1 fully saturated rings. The van der Waals surface area contributed by atoms with Crippen molar-refractivity contribution in [1.29, 1.82) is 0 Å². The standard InChI is InChI=1S/C21H34N4O5/c1-13(2)22-19(26)25(28)18-21(5,6)23(20(27)24(18)14(3)4)12-15-9-16(29-7)11-17(10-15)30-8/h9-11,13-14,18,28H,12H2,1-8H3,(H,22,26)/t18-/m0/s1. The van der Waals surface area contributed by atoms with Crippen molar-refractivity contribution in [3.8, 4) is 11.5 Å². The maximum absolute atomic E-state index is 13.4. The maximum Gasteiger partial charge on any atom is 0.343 e. The van der Waals surface area contributed by atoms with Crippen LogP contribution in [0.25, 0.3) is 0 Å². The van der Waals surface area contributed by atoms with Crippen molar-refractivity contribution in [2.45, 2.75) is 71.9 Å². The molecule has 9 heteroatoms. The summed E-state index contributed by atoms with van der Waals surface area (Å²) in [5.41, 5.74) is -0.0612. The molecular formula is C21H34N4O5. The zero-order valence-electron chi connectivity index (χ0n) is 19.1. The van der Waals surface area contributed by atoms with Crippen molar-refractivity contribution in [2.24, 2.45) is 0 Å². The summed E-state index contributed by atoms with van der Waals surface area (Å²) in [7, 11) is 3.13. The number of hydrogen-bond donors (Lipinski definition) is 2. The van der Waals surface area contributed by atoms with Crippen LogP contribution in [-0.4, -0.2) is 70.1 Å². The van der Waals surface area contributed by atoms with Crippen LogP contribution in [0, 0.1) is 0 Å². The highest BCUT2D eigenvalue weighted by atomic mass is 16.5. The van der Waals surface area contributed by atoms with Crippen molar-refractivity contribution in [3.63, 3.8) is 0 Å². The van der Waals surface area contributed by atoms with E-state index in [1.54, 1.807) is 39.0 Å². The average Bonchev–Trinajstić information content (AvgIpc) is 2.86. The van der Waals surface area contributed by atoms with Gasteiger partial charge in [-0.25, -0.2) is 9.59 Å². The average molecular weight is 423 g/mol. The number of hydrogen-bond acceptors (Lipinski definition) is 5. The van der Waals surface area contributed by atoms with Gasteiger partial charge in [0, 0.05) is 24.7 Å². The summed E-state index contributed by atoms with van der Waals surface area (Å²) in [6, 6.07) is 4.13. The zero-order chi connectivity index (χ0) is 22.8. The first-order valence-electron chi connectivity index (χ1n) is 10.0. The normalized spacial score (nSPS) is 18.2. The van der Waals surface area contributed by atoms with E-state index in [0.29, 0.717) is 16.6 Å². The lowest BCUT2D eigenvalue weighted by molar-refractivity contribution is -0.138. The molecule has 1 aromatic rings. The lowest BCUT2D eigenvalue weighted by Crippen LogP contribution is -2.60. The quantitative estimate of drug-likeness (QED) is 0.520. The van der Waals surface area contributed by atoms with Gasteiger partial charge in [-0.1, -0.05) is 0 Å². The summed E-state index contributed by atoms with van der Waals surface area (Å²) in [5, 5.41) is 14.1. The molecule has 1 atom stereocenters. The number of amides is 4. The Balaban J connectivity index is 2.42. The molecule has 0 bridgehead atoms. The molecule has 0 aliphatic carbocycles. The van der Waals surface area contributed by atoms with Crippen LogP contribution in [0.4, 0.5) is 9.59 Å². The lowest BCUT2D eigenvalue weighted by atomic mass is 9.98. The summed E-state index contributed by atoms with van der Waals surface area (Å²) in [4.78, 5) is 29.0. The highest BCUT2D eigenvalue weighted by molar-refractivity contribution is 5.81. The molecule has 2 rings (SSSR count). The van der Waals surface area contributed by atoms with Gasteiger partial charge in [0.05, 0.1) is 19.8 Å². The Bertz CT molecular complexity index is 758. The molecule has 0 saturated carbocycles. The molecule has 4 amide bonds. The van der Waals surface area contributed by atoms with E-state index in [-0.39, 0.29) is 24.7 Å². The zero-order valence-corrected chi connectivity index (χ0v) is 19.1. The monoisotopic (exact) mass is 422 g/mol. The Hall–Kier alpha value is -2.68. The molecule has 0 unspecified atom stereocenters. The van der Waals surface area contributed by atoms with Crippen molar-refractivity contribution in [2.75, 3.05) is 14.2 Å². The first-order valence-corrected chi connectivity index (χ1v) is 10.0. The van der Waals surface area contributed by atoms with Gasteiger partial charge in [0.25, 0.3) is 0 Å². The van der Waals surface area contributed by atoms with Gasteiger partial charge in [-0.2, -0.15) is 5.06 Å². The van der Waals surface area contributed by atoms with Gasteiger partial charge in [-0.15, -0.1) is 0 Å². The number of methoxy groups -OCH3 is 2. The van der Waals surface area contributed by atoms with E-state index in [4.69, 9.17) is 9.47 Å². The second-order valence-electron chi connectivity index (χ2n) is 8.57. The van der Waals surface area contributed by atoms with Gasteiger partial charge in [0.1, 0.15) is 11.5 Å². The van der Waals surface area contributed by atoms with Gasteiger partial charge < -0.3 is 19.7 Å². The molecule has 9 nitrogen and oxygen atoms in total. The number of benzene rings is 1. The molecule has 1 heterocycles. The molecule has 0 spiro atoms. The van der Waals surface area contributed by atoms with Crippen LogP contribution < -0.4 is 14.8 Å². The molecule has 1 aliphatic rings. The largest absolute Gasteiger partial charge is 0.497 e. The lowest BCUT2D eigenvalue weighted by Gasteiger charge is -2.39. The number of rotatable bonds is 7. The number of hydroxylamine groups is 2. The van der Waals surface area contributed by atoms with E-state index < -0.39 is 17.7 Å². The fourth-order valence-electron chi connectivity index (χ4n) is 3.73. The van der Waals surface area contributed by atoms with Gasteiger partial charge in [0.2, 0.25) is 0 Å². The van der Waals surface area contributed by atoms with Crippen LogP contribution in [0.15, 0.2) is 18.2 Å². The molecule has 0 aromatic heterocycles. The Kier molecular flexibility index (Phi) is 7.07. The molecular weight excluding hydrogens is 388 g/mol. The molecule has 2 N–H and O–H groups in total. The van der Waals surface area contributed by atoms with E-state index >= 15 is 0 Å². The summed E-state index contributed by atoms with van der Waals surface area (Å²) < 4.78 is 10.7. The minimum absolute atomic E-state index is 0.153. The first kappa shape index (κ1) is 23.6. The smallest absolute Gasteiger partial charge is 0.343 e. The van der Waals surface area contributed by atoms with Crippen molar-refractivity contribution in [1.82, 2.24) is 20.2 Å². The summed E-state index contributed by atoms with van der Waals surface area (Å²) in [6.07, 6.45) is -0.865. The SMILES string of the molecule is COc1cc(CN2C(=O)N(C(C)C)[C@@H](N(O)C(=O)NC(C)C)C2(C)C)cc(OC)c1. The van der Waals surface area contributed by atoms with Crippen LogP contribution in [-0.2, 0) is 6.54 Å². The summed E-state index contributed by atoms with van der Waals surface area (Å²) >= 11 is 0. The Labute approximate surface area is 178 Å². The summed E-state index contributed by atoms with van der Waals surface area (Å²) in [5.74, 6) is 1.23.